The van der Waals surface area contributed by atoms with Crippen LogP contribution in [0.15, 0.2) is 43.2 Å². The molecule has 13 heteroatoms. The highest BCUT2D eigenvalue weighted by atomic mass is 19.2. The molecule has 4 N–H and O–H groups in total. The zero-order valence-corrected chi connectivity index (χ0v) is 24.3. The molecule has 0 spiro atoms. The molecule has 0 radical (unpaired) electrons. The van der Waals surface area contributed by atoms with Crippen LogP contribution in [-0.2, 0) is 10.4 Å². The Hall–Kier alpha value is -4.36. The van der Waals surface area contributed by atoms with Crippen LogP contribution in [0.3, 0.4) is 0 Å². The highest BCUT2D eigenvalue weighted by Crippen LogP contribution is 2.41. The molecule has 1 aliphatic heterocycles. The average Bonchev–Trinajstić information content (AvgIpc) is 2.94. The Balaban J connectivity index is 1.67. The lowest BCUT2D eigenvalue weighted by Crippen LogP contribution is -2.53. The Bertz CT molecular complexity index is 1470. The summed E-state index contributed by atoms with van der Waals surface area (Å²) in [6.45, 7) is 8.47. The fraction of sp³-hybridized carbons (Fsp3) is 0.379. The van der Waals surface area contributed by atoms with Crippen molar-refractivity contribution >= 4 is 40.6 Å². The van der Waals surface area contributed by atoms with Crippen LogP contribution in [0.25, 0.3) is 0 Å². The van der Waals surface area contributed by atoms with Crippen molar-refractivity contribution in [3.63, 3.8) is 0 Å². The Kier molecular flexibility index (Phi) is 9.22. The van der Waals surface area contributed by atoms with Crippen molar-refractivity contribution < 1.29 is 23.4 Å². The van der Waals surface area contributed by atoms with Crippen molar-refractivity contribution in [2.24, 2.45) is 0 Å². The van der Waals surface area contributed by atoms with E-state index in [2.05, 4.69) is 47.3 Å². The highest BCUT2D eigenvalue weighted by molar-refractivity contribution is 6.02. The van der Waals surface area contributed by atoms with Crippen LogP contribution < -0.4 is 25.6 Å². The van der Waals surface area contributed by atoms with E-state index in [1.165, 1.54) is 26.4 Å². The lowest BCUT2D eigenvalue weighted by atomic mass is 9.91. The van der Waals surface area contributed by atoms with Crippen LogP contribution in [0.2, 0.25) is 0 Å². The summed E-state index contributed by atoms with van der Waals surface area (Å²) >= 11 is 0. The number of nitrogens with one attached hydrogen (secondary N) is 3. The predicted octanol–water partition coefficient (Wildman–Crippen LogP) is 4.53. The molecule has 1 aliphatic rings. The first kappa shape index (κ1) is 30.6. The van der Waals surface area contributed by atoms with E-state index in [1.54, 1.807) is 13.0 Å². The quantitative estimate of drug-likeness (QED) is 0.226. The zero-order valence-electron chi connectivity index (χ0n) is 24.3. The number of methoxy groups -OCH3 is 1. The SMILES string of the molecule is C=CC(=O)Nc1cc(Nc2ncnc(Nc3cc(F)c(F)cc3C(C)(O)CC)n2)c(OC)cc1N1CCC1CN(C)C. The maximum Gasteiger partial charge on any atom is 0.247 e. The fourth-order valence-corrected chi connectivity index (χ4v) is 4.67. The van der Waals surface area contributed by atoms with Gasteiger partial charge >= 0.3 is 0 Å². The number of aliphatic hydroxyl groups is 1. The Morgan fingerprint density at radius 3 is 2.40 bits per heavy atom. The number of likely N-dealkylation sites (N-methyl/N-ethyl adjacent to an activating group) is 1. The second kappa shape index (κ2) is 12.7. The minimum Gasteiger partial charge on any atom is -0.494 e. The second-order valence-corrected chi connectivity index (χ2v) is 10.5. The van der Waals surface area contributed by atoms with E-state index < -0.39 is 17.2 Å². The van der Waals surface area contributed by atoms with Crippen LogP contribution in [0.5, 0.6) is 5.75 Å². The molecule has 42 heavy (non-hydrogen) atoms. The number of ether oxygens (including phenoxy) is 1. The molecule has 2 heterocycles. The summed E-state index contributed by atoms with van der Waals surface area (Å²) in [5, 5.41) is 19.6. The molecule has 4 rings (SSSR count). The Morgan fingerprint density at radius 1 is 1.17 bits per heavy atom. The van der Waals surface area contributed by atoms with E-state index >= 15 is 0 Å². The second-order valence-electron chi connectivity index (χ2n) is 10.5. The van der Waals surface area contributed by atoms with Gasteiger partial charge in [0.05, 0.1) is 35.5 Å². The molecule has 0 aliphatic carbocycles. The molecule has 1 amide bonds. The summed E-state index contributed by atoms with van der Waals surface area (Å²) < 4.78 is 33.9. The number of rotatable bonds is 12. The van der Waals surface area contributed by atoms with Crippen LogP contribution in [-0.4, -0.2) is 71.2 Å². The summed E-state index contributed by atoms with van der Waals surface area (Å²) in [5.41, 5.74) is 0.636. The van der Waals surface area contributed by atoms with Crippen LogP contribution in [0.4, 0.5) is 43.4 Å². The van der Waals surface area contributed by atoms with E-state index in [0.717, 1.165) is 37.3 Å². The number of carbonyl (C=O) groups is 1. The molecule has 11 nitrogen and oxygen atoms in total. The van der Waals surface area contributed by atoms with Gasteiger partial charge < -0.3 is 35.6 Å². The number of hydrogen-bond acceptors (Lipinski definition) is 10. The lowest BCUT2D eigenvalue weighted by molar-refractivity contribution is -0.111. The van der Waals surface area contributed by atoms with Crippen molar-refractivity contribution in [2.75, 3.05) is 55.1 Å². The van der Waals surface area contributed by atoms with Crippen LogP contribution >= 0.6 is 0 Å². The summed E-state index contributed by atoms with van der Waals surface area (Å²) in [5.74, 6) is -1.92. The van der Waals surface area contributed by atoms with Gasteiger partial charge in [0.15, 0.2) is 11.6 Å². The summed E-state index contributed by atoms with van der Waals surface area (Å²) in [4.78, 5) is 29.3. The van der Waals surface area contributed by atoms with E-state index in [-0.39, 0.29) is 41.5 Å². The van der Waals surface area contributed by atoms with Gasteiger partial charge in [-0.25, -0.2) is 18.7 Å². The molecule has 1 fully saturated rings. The first-order valence-electron chi connectivity index (χ1n) is 13.5. The molecule has 2 aromatic carbocycles. The van der Waals surface area contributed by atoms with Crippen molar-refractivity contribution in [2.45, 2.75) is 38.3 Å². The Morgan fingerprint density at radius 2 is 1.83 bits per heavy atom. The van der Waals surface area contributed by atoms with Gasteiger partial charge in [0.2, 0.25) is 17.8 Å². The molecule has 2 unspecified atom stereocenters. The number of anilines is 6. The molecule has 0 bridgehead atoms. The first-order chi connectivity index (χ1) is 19.9. The molecule has 3 aromatic rings. The summed E-state index contributed by atoms with van der Waals surface area (Å²) in [6, 6.07) is 5.73. The number of amides is 1. The van der Waals surface area contributed by atoms with E-state index in [0.29, 0.717) is 17.1 Å². The number of carbonyl (C=O) groups excluding carboxylic acids is 1. The minimum absolute atomic E-state index is 0.0227. The topological polar surface area (TPSA) is 128 Å². The van der Waals surface area contributed by atoms with Gasteiger partial charge in [-0.15, -0.1) is 0 Å². The third-order valence-corrected chi connectivity index (χ3v) is 7.18. The fourth-order valence-electron chi connectivity index (χ4n) is 4.67. The molecule has 1 saturated heterocycles. The van der Waals surface area contributed by atoms with Crippen molar-refractivity contribution in [3.05, 3.63) is 60.4 Å². The summed E-state index contributed by atoms with van der Waals surface area (Å²) in [7, 11) is 5.56. The predicted molar refractivity (Wildman–Crippen MR) is 159 cm³/mol. The highest BCUT2D eigenvalue weighted by Gasteiger charge is 2.31. The van der Waals surface area contributed by atoms with E-state index in [4.69, 9.17) is 4.74 Å². The van der Waals surface area contributed by atoms with Gasteiger partial charge in [0, 0.05) is 36.8 Å². The molecule has 1 aromatic heterocycles. The average molecular weight is 583 g/mol. The lowest BCUT2D eigenvalue weighted by Gasteiger charge is -2.45. The molecule has 224 valence electrons. The zero-order chi connectivity index (χ0) is 30.6. The largest absolute Gasteiger partial charge is 0.494 e. The Labute approximate surface area is 243 Å². The van der Waals surface area contributed by atoms with Gasteiger partial charge in [-0.3, -0.25) is 4.79 Å². The molecule has 0 saturated carbocycles. The molecule has 2 atom stereocenters. The van der Waals surface area contributed by atoms with Crippen molar-refractivity contribution in [1.82, 2.24) is 19.9 Å². The van der Waals surface area contributed by atoms with Crippen LogP contribution in [0, 0.1) is 11.6 Å². The smallest absolute Gasteiger partial charge is 0.247 e. The minimum atomic E-state index is -1.44. The van der Waals surface area contributed by atoms with Gasteiger partial charge in [0.25, 0.3) is 0 Å². The van der Waals surface area contributed by atoms with Gasteiger partial charge in [-0.05, 0) is 52.1 Å². The first-order valence-corrected chi connectivity index (χ1v) is 13.5. The normalized spacial score (nSPS) is 15.9. The monoisotopic (exact) mass is 582 g/mol. The number of nitrogens with zero attached hydrogens (tertiary/aromatic N) is 5. The third-order valence-electron chi connectivity index (χ3n) is 7.18. The maximum absolute atomic E-state index is 14.1. The number of benzene rings is 2. The van der Waals surface area contributed by atoms with Gasteiger partial charge in [-0.2, -0.15) is 4.98 Å². The van der Waals surface area contributed by atoms with Gasteiger partial charge in [0.1, 0.15) is 12.1 Å². The van der Waals surface area contributed by atoms with E-state index in [1.807, 2.05) is 20.2 Å². The van der Waals surface area contributed by atoms with Crippen molar-refractivity contribution in [3.8, 4) is 5.75 Å². The molecular formula is C29H36F2N8O3. The van der Waals surface area contributed by atoms with Crippen LogP contribution in [0.1, 0.15) is 32.3 Å². The number of aromatic nitrogens is 3. The number of halogens is 2. The van der Waals surface area contributed by atoms with Gasteiger partial charge in [-0.1, -0.05) is 13.5 Å². The van der Waals surface area contributed by atoms with E-state index in [9.17, 15) is 18.7 Å². The summed E-state index contributed by atoms with van der Waals surface area (Å²) in [6.07, 6.45) is 3.71. The van der Waals surface area contributed by atoms with Crippen molar-refractivity contribution in [1.29, 1.82) is 0 Å². The number of hydrogen-bond donors (Lipinski definition) is 4. The molecular weight excluding hydrogens is 546 g/mol. The maximum atomic E-state index is 14.1. The third kappa shape index (κ3) is 6.74. The standard InChI is InChI=1S/C29H36F2N8O3/c1-7-26(40)34-22-13-23(25(42-6)14-24(22)39-10-9-17(39)15-38(4)5)36-28-33-16-32-27(37-28)35-21-12-20(31)19(30)11-18(21)29(3,41)8-2/h7,11-14,16-17,41H,1,8-10,15H2,2-6H3,(H,34,40)(H2,32,33,35,36,37).